The number of carbonyl (C=O) groups is 1. The third-order valence-corrected chi connectivity index (χ3v) is 11.8. The number of carbonyl (C=O) groups excluding carboxylic acids is 1. The number of rotatable bonds is 12. The van der Waals surface area contributed by atoms with Gasteiger partial charge < -0.3 is 10.0 Å². The molecule has 0 radical (unpaired) electrons. The number of alkyl halides is 1. The number of aliphatic hydroxyl groups is 1. The molecule has 3 nitrogen and oxygen atoms in total. The Morgan fingerprint density at radius 3 is 2.26 bits per heavy atom. The van der Waals surface area contributed by atoms with E-state index in [1.165, 1.54) is 86.6 Å². The van der Waals surface area contributed by atoms with Crippen molar-refractivity contribution in [3.05, 3.63) is 64.8 Å². The molecule has 1 N–H and O–H groups in total. The molecule has 4 heteroatoms. The highest BCUT2D eigenvalue weighted by Gasteiger charge is 2.56. The zero-order valence-corrected chi connectivity index (χ0v) is 31.9. The number of anilines is 1. The third-order valence-electron chi connectivity index (χ3n) is 11.2. The highest BCUT2D eigenvalue weighted by molar-refractivity contribution is 9.09. The monoisotopic (exact) mass is 695 g/mol. The number of unbranched alkanes of at least 4 members (excludes halogenated alkanes) is 5. The van der Waals surface area contributed by atoms with Gasteiger partial charge in [-0.1, -0.05) is 106 Å². The lowest BCUT2D eigenvalue weighted by atomic mass is 9.51. The number of aliphatic hydroxyl groups excluding tert-OH is 1. The largest absolute Gasteiger partial charge is 0.396 e. The molecule has 0 aromatic heterocycles. The van der Waals surface area contributed by atoms with Gasteiger partial charge in [-0.3, -0.25) is 4.79 Å². The Balaban J connectivity index is 0.000000647. The van der Waals surface area contributed by atoms with Crippen molar-refractivity contribution in [3.63, 3.8) is 0 Å². The minimum absolute atomic E-state index is 0.308. The molecule has 5 atom stereocenters. The summed E-state index contributed by atoms with van der Waals surface area (Å²) in [4.78, 5) is 14.7. The van der Waals surface area contributed by atoms with E-state index in [4.69, 9.17) is 5.11 Å². The van der Waals surface area contributed by atoms with Crippen molar-refractivity contribution < 1.29 is 9.90 Å². The van der Waals surface area contributed by atoms with E-state index in [1.54, 1.807) is 11.1 Å². The van der Waals surface area contributed by atoms with Gasteiger partial charge in [0.05, 0.1) is 0 Å². The lowest BCUT2D eigenvalue weighted by molar-refractivity contribution is -0.114. The summed E-state index contributed by atoms with van der Waals surface area (Å²) in [5.74, 6) is 2.78. The molecule has 46 heavy (non-hydrogen) atoms. The van der Waals surface area contributed by atoms with Gasteiger partial charge in [0.25, 0.3) is 0 Å². The molecule has 0 saturated heterocycles. The maximum atomic E-state index is 12.3. The summed E-state index contributed by atoms with van der Waals surface area (Å²) in [5, 5.41) is 10.1. The first-order chi connectivity index (χ1) is 22.2. The molecular weight excluding hydrogens is 630 g/mol. The predicted molar refractivity (Wildman–Crippen MR) is 203 cm³/mol. The fraction of sp³-hybridized carbons (Fsp3) is 0.690. The molecule has 0 spiro atoms. The van der Waals surface area contributed by atoms with Crippen molar-refractivity contribution in [3.8, 4) is 0 Å². The number of nitrogens with zero attached hydrogens (tertiary/aromatic N) is 1. The zero-order chi connectivity index (χ0) is 33.7. The van der Waals surface area contributed by atoms with Gasteiger partial charge in [-0.25, -0.2) is 0 Å². The van der Waals surface area contributed by atoms with Crippen LogP contribution in [0.4, 0.5) is 5.69 Å². The van der Waals surface area contributed by atoms with Crippen molar-refractivity contribution in [1.29, 1.82) is 0 Å². The Morgan fingerprint density at radius 1 is 0.978 bits per heavy atom. The van der Waals surface area contributed by atoms with E-state index in [-0.39, 0.29) is 0 Å². The summed E-state index contributed by atoms with van der Waals surface area (Å²) in [6.07, 6.45) is 19.3. The van der Waals surface area contributed by atoms with Gasteiger partial charge in [-0.15, -0.1) is 0 Å². The van der Waals surface area contributed by atoms with Crippen LogP contribution in [0, 0.1) is 23.2 Å². The van der Waals surface area contributed by atoms with Crippen molar-refractivity contribution in [1.82, 2.24) is 0 Å². The van der Waals surface area contributed by atoms with Crippen LogP contribution in [0.3, 0.4) is 0 Å². The molecule has 0 bridgehead atoms. The topological polar surface area (TPSA) is 40.5 Å². The predicted octanol–water partition coefficient (Wildman–Crippen LogP) is 11.8. The second-order valence-corrected chi connectivity index (χ2v) is 15.6. The average molecular weight is 697 g/mol. The molecular formula is C42H66BrNO2. The van der Waals surface area contributed by atoms with E-state index in [0.717, 1.165) is 43.5 Å². The Hall–Kier alpha value is -1.65. The van der Waals surface area contributed by atoms with Crippen LogP contribution in [0.2, 0.25) is 0 Å². The smallest absolute Gasteiger partial charge is 0.156 e. The first-order valence-electron chi connectivity index (χ1n) is 18.8. The molecule has 0 aliphatic heterocycles. The molecule has 4 aliphatic carbocycles. The molecule has 0 heterocycles. The molecule has 5 unspecified atom stereocenters. The Labute approximate surface area is 291 Å². The van der Waals surface area contributed by atoms with Gasteiger partial charge in [0.15, 0.2) is 5.78 Å². The molecule has 0 amide bonds. The van der Waals surface area contributed by atoms with Crippen LogP contribution < -0.4 is 4.90 Å². The molecule has 2 saturated carbocycles. The molecule has 1 aromatic rings. The lowest BCUT2D eigenvalue weighted by Gasteiger charge is -2.53. The number of fused-ring (bicyclic) bond motifs is 4. The third kappa shape index (κ3) is 9.71. The van der Waals surface area contributed by atoms with Crippen molar-refractivity contribution in [2.45, 2.75) is 137 Å². The highest BCUT2D eigenvalue weighted by Crippen LogP contribution is 2.66. The van der Waals surface area contributed by atoms with E-state index < -0.39 is 0 Å². The zero-order valence-electron chi connectivity index (χ0n) is 30.3. The average Bonchev–Trinajstić information content (AvgIpc) is 3.40. The fourth-order valence-corrected chi connectivity index (χ4v) is 9.54. The molecule has 4 aliphatic rings. The van der Waals surface area contributed by atoms with E-state index in [9.17, 15) is 4.79 Å². The summed E-state index contributed by atoms with van der Waals surface area (Å²) in [7, 11) is 2.21. The minimum Gasteiger partial charge on any atom is -0.396 e. The fourth-order valence-electron chi connectivity index (χ4n) is 8.98. The lowest BCUT2D eigenvalue weighted by Crippen LogP contribution is -2.43. The van der Waals surface area contributed by atoms with Crippen molar-refractivity contribution in [2.24, 2.45) is 23.2 Å². The second kappa shape index (κ2) is 19.4. The number of allylic oxidation sites excluding steroid dienone is 5. The van der Waals surface area contributed by atoms with Crippen LogP contribution in [0.1, 0.15) is 142 Å². The quantitative estimate of drug-likeness (QED) is 0.134. The molecule has 2 fully saturated rings. The van der Waals surface area contributed by atoms with Gasteiger partial charge in [-0.2, -0.15) is 0 Å². The van der Waals surface area contributed by atoms with Crippen molar-refractivity contribution in [2.75, 3.05) is 30.4 Å². The van der Waals surface area contributed by atoms with E-state index in [0.29, 0.717) is 42.0 Å². The number of hydrogen-bond acceptors (Lipinski definition) is 3. The van der Waals surface area contributed by atoms with Gasteiger partial charge in [-0.05, 0) is 123 Å². The minimum atomic E-state index is 0.308. The summed E-state index contributed by atoms with van der Waals surface area (Å²) in [6.45, 7) is 17.1. The molecule has 258 valence electrons. The summed E-state index contributed by atoms with van der Waals surface area (Å²) in [5.41, 5.74) is 9.04. The van der Waals surface area contributed by atoms with Crippen LogP contribution in [0.5, 0.6) is 0 Å². The number of hydrogen-bond donors (Lipinski definition) is 1. The van der Waals surface area contributed by atoms with Gasteiger partial charge in [0.1, 0.15) is 0 Å². The summed E-state index contributed by atoms with van der Waals surface area (Å²) in [6, 6.07) is 9.49. The standard InChI is InChI=1S/C35H49NO2.C4H9Br.C3H8/c1-24(2)32-18-19-33-30-16-12-26-22-28(38)15-17-29(26)34(30)31(23-35(32,33)3)25-10-13-27(14-11-25)36(4)20-8-6-5-7-9-21-37;1-2-3-4-5;1-3-2/h10-11,13-14,22,30-33,37H,1,5-9,12,15-21,23H2,2-4H3;2-4H2,1H3;3H2,1-2H3. The highest BCUT2D eigenvalue weighted by atomic mass is 79.9. The normalized spacial score (nSPS) is 26.4. The second-order valence-electron chi connectivity index (χ2n) is 14.8. The summed E-state index contributed by atoms with van der Waals surface area (Å²) < 4.78 is 0. The molecule has 1 aromatic carbocycles. The van der Waals surface area contributed by atoms with Crippen LogP contribution in [0.25, 0.3) is 0 Å². The Bertz CT molecular complexity index is 1160. The van der Waals surface area contributed by atoms with Gasteiger partial charge in [0.2, 0.25) is 0 Å². The molecule has 5 rings (SSSR count). The number of halogens is 1. The Kier molecular flexibility index (Phi) is 16.3. The van der Waals surface area contributed by atoms with E-state index in [2.05, 4.69) is 93.3 Å². The number of benzene rings is 1. The maximum absolute atomic E-state index is 12.3. The van der Waals surface area contributed by atoms with Gasteiger partial charge >= 0.3 is 0 Å². The maximum Gasteiger partial charge on any atom is 0.156 e. The first-order valence-corrected chi connectivity index (χ1v) is 19.9. The van der Waals surface area contributed by atoms with E-state index in [1.807, 2.05) is 6.08 Å². The Morgan fingerprint density at radius 2 is 1.65 bits per heavy atom. The number of ketones is 1. The van der Waals surface area contributed by atoms with Crippen LogP contribution in [-0.2, 0) is 4.79 Å². The van der Waals surface area contributed by atoms with Crippen LogP contribution >= 0.6 is 15.9 Å². The van der Waals surface area contributed by atoms with Crippen LogP contribution in [0.15, 0.2) is 59.2 Å². The first kappa shape index (κ1) is 38.8. The van der Waals surface area contributed by atoms with Crippen molar-refractivity contribution >= 4 is 27.4 Å². The SMILES string of the molecule is C=C(C)C1CCC2C3CCC4=CC(=O)CCC4=C3C(c3ccc(N(C)CCCCCCCO)cc3)CC12C.CCC.CCCCBr. The van der Waals surface area contributed by atoms with Gasteiger partial charge in [0, 0.05) is 43.6 Å². The van der Waals surface area contributed by atoms with E-state index >= 15 is 0 Å². The summed E-state index contributed by atoms with van der Waals surface area (Å²) >= 11 is 3.31. The van der Waals surface area contributed by atoms with Crippen LogP contribution in [-0.4, -0.2) is 36.4 Å².